The van der Waals surface area contributed by atoms with Gasteiger partial charge in [0.15, 0.2) is 0 Å². The Kier molecular flexibility index (Phi) is 4.16. The Labute approximate surface area is 113 Å². The highest BCUT2D eigenvalue weighted by Crippen LogP contribution is 2.14. The third-order valence-corrected chi connectivity index (χ3v) is 3.18. The van der Waals surface area contributed by atoms with Crippen molar-refractivity contribution >= 4 is 0 Å². The van der Waals surface area contributed by atoms with E-state index >= 15 is 0 Å². The summed E-state index contributed by atoms with van der Waals surface area (Å²) in [7, 11) is 5.75. The molecule has 2 rings (SSSR count). The van der Waals surface area contributed by atoms with Crippen LogP contribution in [0.2, 0.25) is 0 Å². The molecule has 0 spiro atoms. The van der Waals surface area contributed by atoms with Crippen molar-refractivity contribution in [3.8, 4) is 5.75 Å². The number of rotatable bonds is 5. The van der Waals surface area contributed by atoms with E-state index in [1.54, 1.807) is 7.11 Å². The largest absolute Gasteiger partial charge is 0.497 e. The van der Waals surface area contributed by atoms with Crippen molar-refractivity contribution in [2.75, 3.05) is 14.2 Å². The lowest BCUT2D eigenvalue weighted by molar-refractivity contribution is 0.305. The van der Waals surface area contributed by atoms with Gasteiger partial charge in [-0.2, -0.15) is 0 Å². The molecule has 19 heavy (non-hydrogen) atoms. The zero-order valence-electron chi connectivity index (χ0n) is 11.9. The maximum atomic E-state index is 5.23. The number of methoxy groups -OCH3 is 1. The molecule has 0 fully saturated rings. The van der Waals surface area contributed by atoms with E-state index in [9.17, 15) is 0 Å². The van der Waals surface area contributed by atoms with Crippen LogP contribution in [0, 0.1) is 6.92 Å². The molecule has 0 bridgehead atoms. The standard InChI is InChI=1S/C14H20N4O/c1-11-15-16-14(18(11)3)10-17(2)9-12-6-5-7-13(8-12)19-4/h5-8H,9-10H2,1-4H3. The van der Waals surface area contributed by atoms with Gasteiger partial charge in [-0.05, 0) is 31.7 Å². The van der Waals surface area contributed by atoms with E-state index in [1.165, 1.54) is 5.56 Å². The SMILES string of the molecule is COc1cccc(CN(C)Cc2nnc(C)n2C)c1. The molecule has 5 nitrogen and oxygen atoms in total. The van der Waals surface area contributed by atoms with Gasteiger partial charge in [0, 0.05) is 13.6 Å². The fourth-order valence-corrected chi connectivity index (χ4v) is 1.97. The number of benzene rings is 1. The van der Waals surface area contributed by atoms with Gasteiger partial charge in [-0.1, -0.05) is 12.1 Å². The molecule has 0 radical (unpaired) electrons. The summed E-state index contributed by atoms with van der Waals surface area (Å²) >= 11 is 0. The normalized spacial score (nSPS) is 11.0. The smallest absolute Gasteiger partial charge is 0.146 e. The highest BCUT2D eigenvalue weighted by molar-refractivity contribution is 5.28. The third kappa shape index (κ3) is 3.32. The minimum Gasteiger partial charge on any atom is -0.497 e. The summed E-state index contributed by atoms with van der Waals surface area (Å²) in [6.07, 6.45) is 0. The minimum absolute atomic E-state index is 0.772. The Balaban J connectivity index is 2.01. The number of nitrogens with zero attached hydrogens (tertiary/aromatic N) is 4. The Morgan fingerprint density at radius 3 is 2.68 bits per heavy atom. The summed E-state index contributed by atoms with van der Waals surface area (Å²) in [5.41, 5.74) is 1.22. The zero-order chi connectivity index (χ0) is 13.8. The van der Waals surface area contributed by atoms with E-state index in [4.69, 9.17) is 4.74 Å². The molecular weight excluding hydrogens is 240 g/mol. The molecule has 0 saturated carbocycles. The monoisotopic (exact) mass is 260 g/mol. The number of aryl methyl sites for hydroxylation is 1. The zero-order valence-corrected chi connectivity index (χ0v) is 11.9. The van der Waals surface area contributed by atoms with Gasteiger partial charge in [0.05, 0.1) is 13.7 Å². The van der Waals surface area contributed by atoms with E-state index < -0.39 is 0 Å². The van der Waals surface area contributed by atoms with E-state index in [0.29, 0.717) is 0 Å². The third-order valence-electron chi connectivity index (χ3n) is 3.18. The number of ether oxygens (including phenoxy) is 1. The van der Waals surface area contributed by atoms with Crippen molar-refractivity contribution in [2.45, 2.75) is 20.0 Å². The van der Waals surface area contributed by atoms with Crippen molar-refractivity contribution in [1.29, 1.82) is 0 Å². The Morgan fingerprint density at radius 2 is 2.05 bits per heavy atom. The molecule has 0 N–H and O–H groups in total. The van der Waals surface area contributed by atoms with Crippen LogP contribution in [-0.4, -0.2) is 33.8 Å². The predicted octanol–water partition coefficient (Wildman–Crippen LogP) is 1.76. The highest BCUT2D eigenvalue weighted by Gasteiger charge is 2.08. The molecule has 2 aromatic rings. The van der Waals surface area contributed by atoms with Gasteiger partial charge in [-0.3, -0.25) is 4.90 Å². The van der Waals surface area contributed by atoms with Crippen LogP contribution in [0.5, 0.6) is 5.75 Å². The maximum Gasteiger partial charge on any atom is 0.146 e. The van der Waals surface area contributed by atoms with Crippen LogP contribution in [0.15, 0.2) is 24.3 Å². The van der Waals surface area contributed by atoms with Gasteiger partial charge in [-0.15, -0.1) is 10.2 Å². The average Bonchev–Trinajstić information content (AvgIpc) is 2.71. The van der Waals surface area contributed by atoms with Crippen LogP contribution in [0.1, 0.15) is 17.2 Å². The first kappa shape index (κ1) is 13.5. The van der Waals surface area contributed by atoms with Gasteiger partial charge in [0.1, 0.15) is 17.4 Å². The molecule has 0 amide bonds. The fourth-order valence-electron chi connectivity index (χ4n) is 1.97. The van der Waals surface area contributed by atoms with E-state index in [-0.39, 0.29) is 0 Å². The van der Waals surface area contributed by atoms with Crippen LogP contribution in [0.4, 0.5) is 0 Å². The van der Waals surface area contributed by atoms with Gasteiger partial charge < -0.3 is 9.30 Å². The molecule has 0 atom stereocenters. The van der Waals surface area contributed by atoms with Crippen molar-refractivity contribution in [1.82, 2.24) is 19.7 Å². The summed E-state index contributed by atoms with van der Waals surface area (Å²) in [6, 6.07) is 8.11. The van der Waals surface area contributed by atoms with Gasteiger partial charge in [0.2, 0.25) is 0 Å². The summed E-state index contributed by atoms with van der Waals surface area (Å²) in [6.45, 7) is 3.58. The average molecular weight is 260 g/mol. The fraction of sp³-hybridized carbons (Fsp3) is 0.429. The summed E-state index contributed by atoms with van der Waals surface area (Å²) in [5, 5.41) is 8.25. The van der Waals surface area contributed by atoms with E-state index in [1.807, 2.05) is 30.7 Å². The van der Waals surface area contributed by atoms with Crippen molar-refractivity contribution in [3.63, 3.8) is 0 Å². The maximum absolute atomic E-state index is 5.23. The van der Waals surface area contributed by atoms with Crippen LogP contribution < -0.4 is 4.74 Å². The molecule has 1 aromatic carbocycles. The van der Waals surface area contributed by atoms with Crippen LogP contribution in [-0.2, 0) is 20.1 Å². The molecule has 5 heteroatoms. The van der Waals surface area contributed by atoms with Crippen molar-refractivity contribution < 1.29 is 4.74 Å². The summed E-state index contributed by atoms with van der Waals surface area (Å²) in [5.74, 6) is 2.80. The minimum atomic E-state index is 0.772. The van der Waals surface area contributed by atoms with Crippen molar-refractivity contribution in [3.05, 3.63) is 41.5 Å². The van der Waals surface area contributed by atoms with E-state index in [0.717, 1.165) is 30.5 Å². The second kappa shape index (κ2) is 5.84. The van der Waals surface area contributed by atoms with Gasteiger partial charge in [-0.25, -0.2) is 0 Å². The molecule has 0 aliphatic carbocycles. The van der Waals surface area contributed by atoms with Gasteiger partial charge >= 0.3 is 0 Å². The van der Waals surface area contributed by atoms with Gasteiger partial charge in [0.25, 0.3) is 0 Å². The van der Waals surface area contributed by atoms with Crippen LogP contribution >= 0.6 is 0 Å². The van der Waals surface area contributed by atoms with Crippen LogP contribution in [0.25, 0.3) is 0 Å². The lowest BCUT2D eigenvalue weighted by Crippen LogP contribution is -2.19. The second-order valence-corrected chi connectivity index (χ2v) is 4.75. The van der Waals surface area contributed by atoms with Crippen LogP contribution in [0.3, 0.4) is 0 Å². The first-order valence-corrected chi connectivity index (χ1v) is 6.26. The molecule has 0 aliphatic heterocycles. The molecule has 1 aromatic heterocycles. The number of hydrogen-bond donors (Lipinski definition) is 0. The molecule has 0 unspecified atom stereocenters. The van der Waals surface area contributed by atoms with E-state index in [2.05, 4.69) is 34.3 Å². The lowest BCUT2D eigenvalue weighted by atomic mass is 10.2. The second-order valence-electron chi connectivity index (χ2n) is 4.75. The summed E-state index contributed by atoms with van der Waals surface area (Å²) < 4.78 is 7.25. The molecule has 0 saturated heterocycles. The van der Waals surface area contributed by atoms with Crippen molar-refractivity contribution in [2.24, 2.45) is 7.05 Å². The predicted molar refractivity (Wildman–Crippen MR) is 73.9 cm³/mol. The molecule has 1 heterocycles. The number of hydrogen-bond acceptors (Lipinski definition) is 4. The molecule has 102 valence electrons. The highest BCUT2D eigenvalue weighted by atomic mass is 16.5. The lowest BCUT2D eigenvalue weighted by Gasteiger charge is -2.16. The molecular formula is C14H20N4O. The Hall–Kier alpha value is -1.88. The number of aromatic nitrogens is 3. The first-order valence-electron chi connectivity index (χ1n) is 6.26. The quantitative estimate of drug-likeness (QED) is 0.821. The Bertz CT molecular complexity index is 550. The topological polar surface area (TPSA) is 43.2 Å². The molecule has 0 aliphatic rings. The Morgan fingerprint density at radius 1 is 1.26 bits per heavy atom. The first-order chi connectivity index (χ1) is 9.10. The summed E-state index contributed by atoms with van der Waals surface area (Å²) in [4.78, 5) is 2.21.